The molecule has 3 rings (SSSR count). The molecule has 0 saturated carbocycles. The first kappa shape index (κ1) is 28.6. The molecule has 1 aromatic carbocycles. The second-order valence-electron chi connectivity index (χ2n) is 7.18. The second kappa shape index (κ2) is 17.1. The van der Waals surface area contributed by atoms with E-state index in [4.69, 9.17) is 18.9 Å². The van der Waals surface area contributed by atoms with Gasteiger partial charge in [-0.25, -0.2) is 0 Å². The molecule has 0 atom stereocenters. The largest absolute Gasteiger partial charge is 0.488 e. The molecule has 1 aliphatic carbocycles. The van der Waals surface area contributed by atoms with Crippen LogP contribution in [0.4, 0.5) is 5.69 Å². The number of nitrogens with zero attached hydrogens (tertiary/aromatic N) is 2. The normalized spacial score (nSPS) is 17.0. The fourth-order valence-corrected chi connectivity index (χ4v) is 3.50. The molecule has 6 nitrogen and oxygen atoms in total. The fraction of sp³-hybridized carbons (Fsp3) is 0.556. The molecule has 0 N–H and O–H groups in total. The highest BCUT2D eigenvalue weighted by atomic mass is 16.5. The van der Waals surface area contributed by atoms with Gasteiger partial charge in [0.25, 0.3) is 0 Å². The highest BCUT2D eigenvalue weighted by Crippen LogP contribution is 2.28. The molecule has 0 spiro atoms. The zero-order valence-electron chi connectivity index (χ0n) is 20.2. The zero-order chi connectivity index (χ0) is 23.0. The molecule has 0 amide bonds. The number of hydrogen-bond acceptors (Lipinski definition) is 6. The maximum absolute atomic E-state index is 6.11. The summed E-state index contributed by atoms with van der Waals surface area (Å²) in [6.07, 6.45) is 9.10. The van der Waals surface area contributed by atoms with Crippen molar-refractivity contribution in [3.05, 3.63) is 60.0 Å². The van der Waals surface area contributed by atoms with E-state index in [0.717, 1.165) is 48.9 Å². The number of ether oxygens (including phenoxy) is 4. The lowest BCUT2D eigenvalue weighted by Gasteiger charge is -2.27. The van der Waals surface area contributed by atoms with E-state index in [2.05, 4.69) is 35.1 Å². The first-order chi connectivity index (χ1) is 15.8. The van der Waals surface area contributed by atoms with E-state index < -0.39 is 0 Å². The van der Waals surface area contributed by atoms with Gasteiger partial charge in [0.1, 0.15) is 24.7 Å². The number of rotatable bonds is 4. The standard InChI is InChI=1S/C24H34N2O4.C2H6.CH4/c1-3-27-17-14-26-15-18-28-16-13-25(2)21-9-5-4-6-11-23(21)29-19-20-30-24-12-8-7-10-22(24)26;1-2;/h4-8,10-12H,3,9,13-20H2,1-2H3;1-2H3;1H4. The monoisotopic (exact) mass is 460 g/mol. The predicted molar refractivity (Wildman–Crippen MR) is 138 cm³/mol. The molecule has 33 heavy (non-hydrogen) atoms. The number of fused-ring (bicyclic) bond motifs is 1. The van der Waals surface area contributed by atoms with Crippen LogP contribution in [0.25, 0.3) is 0 Å². The van der Waals surface area contributed by atoms with Crippen LogP contribution in [0, 0.1) is 0 Å². The van der Waals surface area contributed by atoms with Crippen LogP contribution in [0.5, 0.6) is 5.75 Å². The zero-order valence-corrected chi connectivity index (χ0v) is 20.2. The first-order valence-electron chi connectivity index (χ1n) is 11.8. The third-order valence-electron chi connectivity index (χ3n) is 5.14. The van der Waals surface area contributed by atoms with Crippen LogP contribution in [0.1, 0.15) is 34.6 Å². The molecule has 186 valence electrons. The predicted octanol–water partition coefficient (Wildman–Crippen LogP) is 5.28. The summed E-state index contributed by atoms with van der Waals surface area (Å²) in [6.45, 7) is 12.1. The molecule has 1 aliphatic heterocycles. The van der Waals surface area contributed by atoms with E-state index >= 15 is 0 Å². The van der Waals surface area contributed by atoms with E-state index in [1.807, 2.05) is 51.1 Å². The maximum Gasteiger partial charge on any atom is 0.142 e. The Hall–Kier alpha value is -2.44. The topological polar surface area (TPSA) is 43.4 Å². The summed E-state index contributed by atoms with van der Waals surface area (Å²) in [6, 6.07) is 8.14. The lowest BCUT2D eigenvalue weighted by Crippen LogP contribution is -2.32. The Labute approximate surface area is 201 Å². The highest BCUT2D eigenvalue weighted by molar-refractivity contribution is 5.58. The van der Waals surface area contributed by atoms with Crippen molar-refractivity contribution in [3.8, 4) is 5.75 Å². The van der Waals surface area contributed by atoms with Gasteiger partial charge in [-0.1, -0.05) is 51.6 Å². The molecule has 1 aromatic rings. The Balaban J connectivity index is 0.00000177. The molecule has 0 saturated heterocycles. The van der Waals surface area contributed by atoms with Gasteiger partial charge in [-0.2, -0.15) is 0 Å². The Morgan fingerprint density at radius 3 is 2.55 bits per heavy atom. The molecule has 0 unspecified atom stereocenters. The minimum atomic E-state index is 0. The number of anilines is 1. The molecule has 0 bridgehead atoms. The molecule has 1 heterocycles. The minimum absolute atomic E-state index is 0. The van der Waals surface area contributed by atoms with Crippen LogP contribution in [0.3, 0.4) is 0 Å². The van der Waals surface area contributed by atoms with Crippen LogP contribution in [-0.4, -0.2) is 71.2 Å². The van der Waals surface area contributed by atoms with Crippen molar-refractivity contribution in [2.45, 2.75) is 34.6 Å². The quantitative estimate of drug-likeness (QED) is 0.570. The molecule has 6 heteroatoms. The van der Waals surface area contributed by atoms with E-state index in [1.165, 1.54) is 0 Å². The maximum atomic E-state index is 6.11. The first-order valence-corrected chi connectivity index (χ1v) is 11.8. The van der Waals surface area contributed by atoms with E-state index in [-0.39, 0.29) is 7.43 Å². The fourth-order valence-electron chi connectivity index (χ4n) is 3.50. The van der Waals surface area contributed by atoms with Crippen molar-refractivity contribution in [3.63, 3.8) is 0 Å². The number of para-hydroxylation sites is 2. The molecule has 0 aromatic heterocycles. The highest BCUT2D eigenvalue weighted by Gasteiger charge is 2.15. The summed E-state index contributed by atoms with van der Waals surface area (Å²) >= 11 is 0. The van der Waals surface area contributed by atoms with Crippen LogP contribution in [-0.2, 0) is 14.2 Å². The van der Waals surface area contributed by atoms with Crippen molar-refractivity contribution in [2.24, 2.45) is 0 Å². The summed E-state index contributed by atoms with van der Waals surface area (Å²) in [4.78, 5) is 4.49. The number of hydrogen-bond donors (Lipinski definition) is 0. The van der Waals surface area contributed by atoms with Crippen molar-refractivity contribution in [2.75, 3.05) is 71.2 Å². The lowest BCUT2D eigenvalue weighted by molar-refractivity contribution is 0.117. The third kappa shape index (κ3) is 9.52. The summed E-state index contributed by atoms with van der Waals surface area (Å²) in [7, 11) is 2.09. The van der Waals surface area contributed by atoms with Gasteiger partial charge in [-0.15, -0.1) is 0 Å². The van der Waals surface area contributed by atoms with Gasteiger partial charge < -0.3 is 28.7 Å². The van der Waals surface area contributed by atoms with Crippen molar-refractivity contribution >= 4 is 5.69 Å². The van der Waals surface area contributed by atoms with Crippen molar-refractivity contribution < 1.29 is 18.9 Å². The van der Waals surface area contributed by atoms with Gasteiger partial charge >= 0.3 is 0 Å². The van der Waals surface area contributed by atoms with Crippen molar-refractivity contribution in [1.82, 2.24) is 4.90 Å². The Morgan fingerprint density at radius 2 is 1.73 bits per heavy atom. The molecular formula is C27H44N2O4. The summed E-state index contributed by atoms with van der Waals surface area (Å²) < 4.78 is 23.8. The second-order valence-corrected chi connectivity index (χ2v) is 7.18. The number of likely N-dealkylation sites (N-methyl/N-ethyl adjacent to an activating group) is 1. The van der Waals surface area contributed by atoms with Crippen LogP contribution < -0.4 is 9.64 Å². The van der Waals surface area contributed by atoms with Crippen LogP contribution >= 0.6 is 0 Å². The molecular weight excluding hydrogens is 416 g/mol. The van der Waals surface area contributed by atoms with Gasteiger partial charge in [0, 0.05) is 39.7 Å². The Morgan fingerprint density at radius 1 is 0.970 bits per heavy atom. The lowest BCUT2D eigenvalue weighted by atomic mass is 10.2. The smallest absolute Gasteiger partial charge is 0.142 e. The van der Waals surface area contributed by atoms with Gasteiger partial charge in [-0.3, -0.25) is 0 Å². The third-order valence-corrected chi connectivity index (χ3v) is 5.14. The summed E-state index contributed by atoms with van der Waals surface area (Å²) in [5.74, 6) is 1.75. The SMILES string of the molecule is C.CC.CCOCCN1CCOCCN(C)C2=C(C=CC=CC2)OCCOc2ccccc21. The van der Waals surface area contributed by atoms with Crippen LogP contribution in [0.2, 0.25) is 0 Å². The summed E-state index contributed by atoms with van der Waals surface area (Å²) in [5, 5.41) is 0. The minimum Gasteiger partial charge on any atom is -0.488 e. The van der Waals surface area contributed by atoms with Gasteiger partial charge in [0.05, 0.1) is 31.2 Å². The van der Waals surface area contributed by atoms with E-state index in [9.17, 15) is 0 Å². The molecule has 0 radical (unpaired) electrons. The number of benzene rings is 1. The Kier molecular flexibility index (Phi) is 14.8. The van der Waals surface area contributed by atoms with Gasteiger partial charge in [0.15, 0.2) is 0 Å². The van der Waals surface area contributed by atoms with E-state index in [1.54, 1.807) is 0 Å². The van der Waals surface area contributed by atoms with Gasteiger partial charge in [-0.05, 0) is 25.1 Å². The Bertz CT molecular complexity index is 745. The van der Waals surface area contributed by atoms with E-state index in [0.29, 0.717) is 39.6 Å². The van der Waals surface area contributed by atoms with Gasteiger partial charge in [0.2, 0.25) is 0 Å². The molecule has 2 aliphatic rings. The molecule has 0 fully saturated rings. The average molecular weight is 461 g/mol. The van der Waals surface area contributed by atoms with Crippen LogP contribution in [0.15, 0.2) is 60.0 Å². The average Bonchev–Trinajstić information content (AvgIpc) is 3.07. The summed E-state index contributed by atoms with van der Waals surface area (Å²) in [5.41, 5.74) is 2.23. The van der Waals surface area contributed by atoms with Crippen molar-refractivity contribution in [1.29, 1.82) is 0 Å². The number of allylic oxidation sites excluding steroid dienone is 4.